The van der Waals surface area contributed by atoms with Gasteiger partial charge in [-0.1, -0.05) is 23.7 Å². The number of carbonyl (C=O) groups is 2. The lowest BCUT2D eigenvalue weighted by atomic mass is 10.0. The van der Waals surface area contributed by atoms with Crippen LogP contribution >= 0.6 is 22.9 Å². The lowest BCUT2D eigenvalue weighted by Gasteiger charge is -2.32. The number of nitrogens with one attached hydrogen (secondary N) is 2. The zero-order valence-electron chi connectivity index (χ0n) is 16.7. The second-order valence-corrected chi connectivity index (χ2v) is 8.60. The van der Waals surface area contributed by atoms with Gasteiger partial charge in [-0.05, 0) is 43.5 Å². The summed E-state index contributed by atoms with van der Waals surface area (Å²) in [7, 11) is 1.71. The van der Waals surface area contributed by atoms with Crippen LogP contribution in [0.15, 0.2) is 30.3 Å². The van der Waals surface area contributed by atoms with E-state index in [0.29, 0.717) is 20.5 Å². The molecule has 156 valence electrons. The molecule has 6 nitrogen and oxygen atoms in total. The predicted molar refractivity (Wildman–Crippen MR) is 117 cm³/mol. The average molecular weight is 436 g/mol. The van der Waals surface area contributed by atoms with Crippen LogP contribution in [0.4, 0.5) is 5.00 Å². The van der Waals surface area contributed by atoms with Crippen molar-refractivity contribution in [2.45, 2.75) is 25.8 Å². The summed E-state index contributed by atoms with van der Waals surface area (Å²) < 4.78 is 5.12. The number of methoxy groups -OCH3 is 1. The number of piperidine rings is 1. The third-order valence-electron chi connectivity index (χ3n) is 5.01. The van der Waals surface area contributed by atoms with Crippen molar-refractivity contribution in [3.8, 4) is 0 Å². The number of amides is 2. The summed E-state index contributed by atoms with van der Waals surface area (Å²) in [6.07, 6.45) is 1.85. The van der Waals surface area contributed by atoms with Crippen molar-refractivity contribution in [3.63, 3.8) is 0 Å². The van der Waals surface area contributed by atoms with Crippen LogP contribution in [0.1, 0.15) is 38.4 Å². The van der Waals surface area contributed by atoms with Gasteiger partial charge in [-0.15, -0.1) is 11.3 Å². The molecule has 1 aromatic heterocycles. The minimum Gasteiger partial charge on any atom is -0.383 e. The summed E-state index contributed by atoms with van der Waals surface area (Å²) in [5, 5.41) is 7.01. The zero-order valence-corrected chi connectivity index (χ0v) is 18.2. The van der Waals surface area contributed by atoms with Gasteiger partial charge in [-0.3, -0.25) is 9.59 Å². The molecule has 0 aliphatic carbocycles. The number of rotatable bonds is 7. The number of benzene rings is 1. The van der Waals surface area contributed by atoms with E-state index in [0.717, 1.165) is 44.6 Å². The topological polar surface area (TPSA) is 70.7 Å². The molecule has 1 fully saturated rings. The van der Waals surface area contributed by atoms with Gasteiger partial charge in [-0.25, -0.2) is 0 Å². The molecule has 0 bridgehead atoms. The smallest absolute Gasteiger partial charge is 0.261 e. The fourth-order valence-electron chi connectivity index (χ4n) is 3.37. The van der Waals surface area contributed by atoms with Crippen molar-refractivity contribution in [3.05, 3.63) is 51.4 Å². The second kappa shape index (κ2) is 10.2. The number of hydrogen-bond acceptors (Lipinski definition) is 5. The number of carbonyl (C=O) groups excluding carboxylic acids is 2. The van der Waals surface area contributed by atoms with E-state index in [2.05, 4.69) is 15.5 Å². The Morgan fingerprint density at radius 1 is 1.24 bits per heavy atom. The highest BCUT2D eigenvalue weighted by Crippen LogP contribution is 2.28. The van der Waals surface area contributed by atoms with Crippen molar-refractivity contribution >= 4 is 39.8 Å². The lowest BCUT2D eigenvalue weighted by molar-refractivity contribution is 0.0895. The van der Waals surface area contributed by atoms with Gasteiger partial charge >= 0.3 is 0 Å². The summed E-state index contributed by atoms with van der Waals surface area (Å²) in [6.45, 7) is 5.45. The summed E-state index contributed by atoms with van der Waals surface area (Å²) in [4.78, 5) is 28.2. The van der Waals surface area contributed by atoms with Crippen LogP contribution in [-0.2, 0) is 4.74 Å². The highest BCUT2D eigenvalue weighted by Gasteiger charge is 2.23. The Kier molecular flexibility index (Phi) is 7.66. The molecule has 1 aromatic carbocycles. The monoisotopic (exact) mass is 435 g/mol. The van der Waals surface area contributed by atoms with Crippen LogP contribution in [0.5, 0.6) is 0 Å². The van der Waals surface area contributed by atoms with Gasteiger partial charge < -0.3 is 20.3 Å². The molecule has 3 rings (SSSR count). The molecule has 0 spiro atoms. The number of nitrogens with zero attached hydrogens (tertiary/aromatic N) is 1. The van der Waals surface area contributed by atoms with Crippen LogP contribution in [0, 0.1) is 6.92 Å². The molecule has 8 heteroatoms. The third kappa shape index (κ3) is 5.79. The molecule has 0 unspecified atom stereocenters. The second-order valence-electron chi connectivity index (χ2n) is 7.14. The quantitative estimate of drug-likeness (QED) is 0.693. The molecule has 1 saturated heterocycles. The Labute approximate surface area is 180 Å². The van der Waals surface area contributed by atoms with Gasteiger partial charge in [0.15, 0.2) is 0 Å². The fraction of sp³-hybridized carbons (Fsp3) is 0.429. The van der Waals surface area contributed by atoms with Crippen LogP contribution < -0.4 is 10.6 Å². The van der Waals surface area contributed by atoms with Crippen LogP contribution in [0.2, 0.25) is 5.02 Å². The maximum atomic E-state index is 12.7. The van der Waals surface area contributed by atoms with E-state index in [1.54, 1.807) is 31.4 Å². The largest absolute Gasteiger partial charge is 0.383 e. The fourth-order valence-corrected chi connectivity index (χ4v) is 4.56. The molecule has 2 heterocycles. The molecule has 1 aliphatic rings. The van der Waals surface area contributed by atoms with E-state index < -0.39 is 0 Å². The first kappa shape index (κ1) is 21.8. The molecule has 0 radical (unpaired) electrons. The maximum Gasteiger partial charge on any atom is 0.261 e. The summed E-state index contributed by atoms with van der Waals surface area (Å²) in [6, 6.07) is 8.88. The van der Waals surface area contributed by atoms with Gasteiger partial charge in [0.05, 0.1) is 27.1 Å². The molecule has 2 amide bonds. The van der Waals surface area contributed by atoms with Gasteiger partial charge in [0.1, 0.15) is 0 Å². The van der Waals surface area contributed by atoms with Gasteiger partial charge in [0, 0.05) is 32.8 Å². The molecular weight excluding hydrogens is 410 g/mol. The Morgan fingerprint density at radius 2 is 1.97 bits per heavy atom. The first-order chi connectivity index (χ1) is 14.0. The summed E-state index contributed by atoms with van der Waals surface area (Å²) in [5.74, 6) is -0.367. The number of halogens is 1. The van der Waals surface area contributed by atoms with Crippen molar-refractivity contribution in [1.29, 1.82) is 0 Å². The zero-order chi connectivity index (χ0) is 20.8. The Hall–Kier alpha value is -1.93. The van der Waals surface area contributed by atoms with Crippen molar-refractivity contribution in [2.75, 3.05) is 38.7 Å². The van der Waals surface area contributed by atoms with Crippen molar-refractivity contribution in [2.24, 2.45) is 0 Å². The van der Waals surface area contributed by atoms with E-state index in [1.165, 1.54) is 11.3 Å². The van der Waals surface area contributed by atoms with E-state index in [9.17, 15) is 9.59 Å². The van der Waals surface area contributed by atoms with Crippen LogP contribution in [0.3, 0.4) is 0 Å². The lowest BCUT2D eigenvalue weighted by Crippen LogP contribution is -2.45. The maximum absolute atomic E-state index is 12.7. The number of anilines is 1. The van der Waals surface area contributed by atoms with Gasteiger partial charge in [0.25, 0.3) is 11.8 Å². The molecular formula is C21H26ClN3O3S. The minimum atomic E-state index is -0.285. The molecule has 29 heavy (non-hydrogen) atoms. The van der Waals surface area contributed by atoms with Gasteiger partial charge in [-0.2, -0.15) is 0 Å². The third-order valence-corrected chi connectivity index (χ3v) is 6.49. The molecule has 1 aliphatic heterocycles. The van der Waals surface area contributed by atoms with E-state index >= 15 is 0 Å². The normalized spacial score (nSPS) is 15.3. The Balaban J connectivity index is 1.56. The molecule has 0 atom stereocenters. The average Bonchev–Trinajstić information content (AvgIpc) is 3.07. The Bertz CT molecular complexity index is 863. The Morgan fingerprint density at radius 3 is 2.66 bits per heavy atom. The van der Waals surface area contributed by atoms with E-state index in [1.807, 2.05) is 13.0 Å². The van der Waals surface area contributed by atoms with Gasteiger partial charge in [0.2, 0.25) is 0 Å². The van der Waals surface area contributed by atoms with Crippen LogP contribution in [0.25, 0.3) is 0 Å². The summed E-state index contributed by atoms with van der Waals surface area (Å²) >= 11 is 7.37. The predicted octanol–water partition coefficient (Wildman–Crippen LogP) is 3.80. The van der Waals surface area contributed by atoms with E-state index in [4.69, 9.17) is 16.3 Å². The summed E-state index contributed by atoms with van der Waals surface area (Å²) in [5.41, 5.74) is 1.26. The van der Waals surface area contributed by atoms with Crippen molar-refractivity contribution < 1.29 is 14.3 Å². The van der Waals surface area contributed by atoms with E-state index in [-0.39, 0.29) is 17.9 Å². The number of likely N-dealkylation sites (tertiary alicyclic amines) is 1. The molecule has 2 aromatic rings. The molecule has 0 saturated carbocycles. The first-order valence-electron chi connectivity index (χ1n) is 9.66. The minimum absolute atomic E-state index is 0.0823. The van der Waals surface area contributed by atoms with Crippen LogP contribution in [-0.4, -0.2) is 56.1 Å². The highest BCUT2D eigenvalue weighted by atomic mass is 35.5. The number of thiophene rings is 1. The highest BCUT2D eigenvalue weighted by molar-refractivity contribution is 7.18. The molecule has 2 N–H and O–H groups in total. The standard InChI is InChI=1S/C21H26ClN3O3S/c1-14-13-18(24-20(26)16-5-3-4-6-17(16)22)29-19(14)21(27)23-15-7-9-25(10-8-15)11-12-28-2/h3-6,13,15H,7-12H2,1-2H3,(H,23,27)(H,24,26). The SMILES string of the molecule is COCCN1CCC(NC(=O)c2sc(NC(=O)c3ccccc3Cl)cc2C)CC1. The number of ether oxygens (including phenoxy) is 1. The number of aryl methyl sites for hydroxylation is 1. The number of hydrogen-bond donors (Lipinski definition) is 2. The first-order valence-corrected chi connectivity index (χ1v) is 10.9. The van der Waals surface area contributed by atoms with Crippen molar-refractivity contribution in [1.82, 2.24) is 10.2 Å².